The second-order valence-corrected chi connectivity index (χ2v) is 8.33. The molecule has 3 heteroatoms. The van der Waals surface area contributed by atoms with Crippen molar-refractivity contribution in [2.45, 2.75) is 24.9 Å². The first-order chi connectivity index (χ1) is 14.6. The molecule has 0 bridgehead atoms. The van der Waals surface area contributed by atoms with Crippen LogP contribution in [0.15, 0.2) is 84.9 Å². The summed E-state index contributed by atoms with van der Waals surface area (Å²) in [5, 5.41) is 12.4. The van der Waals surface area contributed by atoms with E-state index in [2.05, 4.69) is 72.5 Å². The average Bonchev–Trinajstić information content (AvgIpc) is 2.80. The summed E-state index contributed by atoms with van der Waals surface area (Å²) in [6.45, 7) is 6.19. The molecule has 4 rings (SSSR count). The highest BCUT2D eigenvalue weighted by Crippen LogP contribution is 2.40. The summed E-state index contributed by atoms with van der Waals surface area (Å²) in [6.07, 6.45) is 0.570. The van der Waals surface area contributed by atoms with E-state index in [9.17, 15) is 5.11 Å². The molecule has 156 valence electrons. The maximum Gasteiger partial charge on any atom is 0.102 e. The van der Waals surface area contributed by atoms with Crippen LogP contribution in [0.25, 0.3) is 0 Å². The summed E-state index contributed by atoms with van der Waals surface area (Å²) in [6, 6.07) is 29.2. The van der Waals surface area contributed by atoms with Gasteiger partial charge in [-0.15, -0.1) is 0 Å². The fourth-order valence-electron chi connectivity index (χ4n) is 4.44. The maximum absolute atomic E-state index is 12.4. The second kappa shape index (κ2) is 9.57. The largest absolute Gasteiger partial charge is 0.384 e. The molecule has 0 saturated carbocycles. The van der Waals surface area contributed by atoms with Crippen LogP contribution >= 0.6 is 0 Å². The fraction of sp³-hybridized carbons (Fsp3) is 0.333. The van der Waals surface area contributed by atoms with E-state index in [0.717, 1.165) is 44.0 Å². The fourth-order valence-corrected chi connectivity index (χ4v) is 4.44. The maximum atomic E-state index is 12.4. The van der Waals surface area contributed by atoms with E-state index in [-0.39, 0.29) is 5.92 Å². The molecule has 0 spiro atoms. The molecule has 3 aromatic carbocycles. The van der Waals surface area contributed by atoms with Gasteiger partial charge in [-0.25, -0.2) is 0 Å². The molecule has 1 heterocycles. The van der Waals surface area contributed by atoms with Gasteiger partial charge in [0.05, 0.1) is 13.2 Å². The normalized spacial score (nSPS) is 17.9. The Bertz CT molecular complexity index is 905. The number of aryl methyl sites for hydroxylation is 1. The molecule has 0 aromatic heterocycles. The van der Waals surface area contributed by atoms with Crippen molar-refractivity contribution >= 4 is 0 Å². The van der Waals surface area contributed by atoms with Crippen LogP contribution < -0.4 is 0 Å². The lowest BCUT2D eigenvalue weighted by molar-refractivity contribution is -0.0223. The van der Waals surface area contributed by atoms with Crippen molar-refractivity contribution in [2.75, 3.05) is 32.8 Å². The van der Waals surface area contributed by atoms with E-state index in [1.807, 2.05) is 24.3 Å². The lowest BCUT2D eigenvalue weighted by atomic mass is 9.73. The highest BCUT2D eigenvalue weighted by atomic mass is 16.5. The van der Waals surface area contributed by atoms with Crippen molar-refractivity contribution in [2.24, 2.45) is 0 Å². The Morgan fingerprint density at radius 2 is 1.47 bits per heavy atom. The molecule has 1 aliphatic heterocycles. The van der Waals surface area contributed by atoms with Crippen LogP contribution in [-0.4, -0.2) is 42.9 Å². The molecule has 0 radical (unpaired) electrons. The number of morpholine rings is 1. The smallest absolute Gasteiger partial charge is 0.102 e. The Labute approximate surface area is 179 Å². The Hall–Kier alpha value is -2.46. The minimum atomic E-state index is -1.02. The van der Waals surface area contributed by atoms with Crippen molar-refractivity contribution < 1.29 is 9.84 Å². The number of rotatable bonds is 7. The van der Waals surface area contributed by atoms with Gasteiger partial charge >= 0.3 is 0 Å². The molecule has 0 aliphatic carbocycles. The van der Waals surface area contributed by atoms with Gasteiger partial charge in [-0.05, 0) is 23.6 Å². The van der Waals surface area contributed by atoms with Crippen LogP contribution in [0, 0.1) is 6.92 Å². The van der Waals surface area contributed by atoms with Gasteiger partial charge < -0.3 is 9.84 Å². The van der Waals surface area contributed by atoms with E-state index in [0.29, 0.717) is 6.42 Å². The first kappa shape index (κ1) is 20.8. The van der Waals surface area contributed by atoms with Gasteiger partial charge in [-0.2, -0.15) is 0 Å². The van der Waals surface area contributed by atoms with Gasteiger partial charge in [0.15, 0.2) is 0 Å². The number of hydrogen-bond donors (Lipinski definition) is 1. The van der Waals surface area contributed by atoms with Crippen LogP contribution in [-0.2, 0) is 16.8 Å². The summed E-state index contributed by atoms with van der Waals surface area (Å²) in [4.78, 5) is 2.42. The summed E-state index contributed by atoms with van der Waals surface area (Å²) < 4.78 is 5.56. The van der Waals surface area contributed by atoms with Crippen LogP contribution in [0.1, 0.15) is 28.2 Å². The number of benzene rings is 3. The molecule has 0 amide bonds. The number of hydrogen-bond acceptors (Lipinski definition) is 3. The van der Waals surface area contributed by atoms with E-state index in [1.54, 1.807) is 0 Å². The predicted octanol–water partition coefficient (Wildman–Crippen LogP) is 4.54. The predicted molar refractivity (Wildman–Crippen MR) is 122 cm³/mol. The van der Waals surface area contributed by atoms with Crippen LogP contribution in [0.2, 0.25) is 0 Å². The molecule has 30 heavy (non-hydrogen) atoms. The lowest BCUT2D eigenvalue weighted by Gasteiger charge is -2.41. The Kier molecular flexibility index (Phi) is 6.63. The SMILES string of the molecule is Cc1ccc([C@@](O)(Cc2ccccc2)[C@H](CN2CCOCC2)c2ccccc2)cc1. The lowest BCUT2D eigenvalue weighted by Crippen LogP contribution is -2.45. The van der Waals surface area contributed by atoms with Gasteiger partial charge in [0.25, 0.3) is 0 Å². The molecule has 1 aliphatic rings. The van der Waals surface area contributed by atoms with Gasteiger partial charge in [0, 0.05) is 32.0 Å². The third-order valence-electron chi connectivity index (χ3n) is 6.19. The highest BCUT2D eigenvalue weighted by molar-refractivity contribution is 5.36. The zero-order chi connectivity index (χ0) is 20.8. The van der Waals surface area contributed by atoms with Crippen LogP contribution in [0.3, 0.4) is 0 Å². The third-order valence-corrected chi connectivity index (χ3v) is 6.19. The molecule has 3 aromatic rings. The summed E-state index contributed by atoms with van der Waals surface area (Å²) >= 11 is 0. The van der Waals surface area contributed by atoms with Crippen LogP contribution in [0.4, 0.5) is 0 Å². The van der Waals surface area contributed by atoms with Crippen LogP contribution in [0.5, 0.6) is 0 Å². The van der Waals surface area contributed by atoms with Gasteiger partial charge in [-0.1, -0.05) is 90.5 Å². The third kappa shape index (κ3) is 4.81. The highest BCUT2D eigenvalue weighted by Gasteiger charge is 2.40. The Balaban J connectivity index is 1.77. The van der Waals surface area contributed by atoms with E-state index in [1.165, 1.54) is 11.1 Å². The van der Waals surface area contributed by atoms with Crippen molar-refractivity contribution in [3.8, 4) is 0 Å². The number of aliphatic hydroxyl groups is 1. The summed E-state index contributed by atoms with van der Waals surface area (Å²) in [7, 11) is 0. The first-order valence-corrected chi connectivity index (χ1v) is 10.8. The zero-order valence-electron chi connectivity index (χ0n) is 17.7. The molecule has 0 unspecified atom stereocenters. The van der Waals surface area contributed by atoms with Crippen molar-refractivity contribution in [1.29, 1.82) is 0 Å². The Morgan fingerprint density at radius 3 is 2.10 bits per heavy atom. The number of ether oxygens (including phenoxy) is 1. The minimum Gasteiger partial charge on any atom is -0.384 e. The van der Waals surface area contributed by atoms with Crippen molar-refractivity contribution in [3.63, 3.8) is 0 Å². The van der Waals surface area contributed by atoms with Gasteiger partial charge in [-0.3, -0.25) is 4.90 Å². The summed E-state index contributed by atoms with van der Waals surface area (Å²) in [5.41, 5.74) is 3.46. The van der Waals surface area contributed by atoms with Gasteiger partial charge in [0.2, 0.25) is 0 Å². The summed E-state index contributed by atoms with van der Waals surface area (Å²) in [5.74, 6) is -0.0558. The molecule has 1 N–H and O–H groups in total. The van der Waals surface area contributed by atoms with Crippen molar-refractivity contribution in [1.82, 2.24) is 4.90 Å². The molecule has 2 atom stereocenters. The van der Waals surface area contributed by atoms with E-state index >= 15 is 0 Å². The first-order valence-electron chi connectivity index (χ1n) is 10.8. The topological polar surface area (TPSA) is 32.7 Å². The monoisotopic (exact) mass is 401 g/mol. The Morgan fingerprint density at radius 1 is 0.867 bits per heavy atom. The minimum absolute atomic E-state index is 0.0558. The van der Waals surface area contributed by atoms with Gasteiger partial charge in [0.1, 0.15) is 5.60 Å². The molecule has 1 saturated heterocycles. The molecule has 3 nitrogen and oxygen atoms in total. The zero-order valence-corrected chi connectivity index (χ0v) is 17.7. The van der Waals surface area contributed by atoms with E-state index < -0.39 is 5.60 Å². The van der Waals surface area contributed by atoms with Crippen molar-refractivity contribution in [3.05, 3.63) is 107 Å². The number of nitrogens with zero attached hydrogens (tertiary/aromatic N) is 1. The molecular formula is C27H31NO2. The second-order valence-electron chi connectivity index (χ2n) is 8.33. The average molecular weight is 402 g/mol. The molecule has 1 fully saturated rings. The van der Waals surface area contributed by atoms with E-state index in [4.69, 9.17) is 4.74 Å². The molecular weight excluding hydrogens is 370 g/mol. The quantitative estimate of drug-likeness (QED) is 0.631. The standard InChI is InChI=1S/C27H31NO2/c1-22-12-14-25(15-13-22)27(29,20-23-8-4-2-5-9-23)26(24-10-6-3-7-11-24)21-28-16-18-30-19-17-28/h2-15,26,29H,16-21H2,1H3/t26-,27+/m1/s1.